The Balaban J connectivity index is 2.01. The van der Waals surface area contributed by atoms with E-state index in [1.807, 2.05) is 0 Å². The lowest BCUT2D eigenvalue weighted by Gasteiger charge is -2.07. The van der Waals surface area contributed by atoms with Crippen LogP contribution in [0.5, 0.6) is 0 Å². The summed E-state index contributed by atoms with van der Waals surface area (Å²) in [6.07, 6.45) is 0.436. The molecule has 0 atom stereocenters. The third-order valence-corrected chi connectivity index (χ3v) is 4.72. The first kappa shape index (κ1) is 13.0. The predicted molar refractivity (Wildman–Crippen MR) is 79.1 cm³/mol. The second-order valence-electron chi connectivity index (χ2n) is 4.31. The Morgan fingerprint density at radius 3 is 2.74 bits per heavy atom. The van der Waals surface area contributed by atoms with Crippen LogP contribution < -0.4 is 5.56 Å². The summed E-state index contributed by atoms with van der Waals surface area (Å²) in [4.78, 5) is 19.2. The van der Waals surface area contributed by atoms with Gasteiger partial charge in [0.25, 0.3) is 5.56 Å². The standard InChI is InChI=1S/C13H10Cl2N2OS/c14-9-2-1-3-10(15)7(9)4-12-16-11-6-19-5-8(11)13(18)17-12/h1-3H,4-6H2,(H,16,17,18). The molecule has 0 aliphatic carbocycles. The Kier molecular flexibility index (Phi) is 3.56. The van der Waals surface area contributed by atoms with Crippen molar-refractivity contribution < 1.29 is 0 Å². The van der Waals surface area contributed by atoms with Gasteiger partial charge in [0.05, 0.1) is 5.69 Å². The molecule has 0 saturated carbocycles. The molecule has 1 aromatic heterocycles. The van der Waals surface area contributed by atoms with Crippen molar-refractivity contribution in [3.05, 3.63) is 61.2 Å². The molecule has 2 aromatic rings. The van der Waals surface area contributed by atoms with Crippen LogP contribution in [-0.4, -0.2) is 9.97 Å². The maximum absolute atomic E-state index is 11.9. The number of H-pyrrole nitrogens is 1. The lowest BCUT2D eigenvalue weighted by Crippen LogP contribution is -2.17. The fourth-order valence-electron chi connectivity index (χ4n) is 2.07. The first-order chi connectivity index (χ1) is 9.15. The Morgan fingerprint density at radius 2 is 2.00 bits per heavy atom. The van der Waals surface area contributed by atoms with Crippen LogP contribution in [0, 0.1) is 0 Å². The molecule has 98 valence electrons. The molecular weight excluding hydrogens is 303 g/mol. The second-order valence-corrected chi connectivity index (χ2v) is 6.11. The highest BCUT2D eigenvalue weighted by atomic mass is 35.5. The SMILES string of the molecule is O=c1[nH]c(Cc2c(Cl)cccc2Cl)nc2c1CSC2. The van der Waals surface area contributed by atoms with E-state index in [2.05, 4.69) is 9.97 Å². The van der Waals surface area contributed by atoms with Crippen LogP contribution in [0.3, 0.4) is 0 Å². The van der Waals surface area contributed by atoms with Gasteiger partial charge in [0.1, 0.15) is 5.82 Å². The summed E-state index contributed by atoms with van der Waals surface area (Å²) in [7, 11) is 0. The zero-order chi connectivity index (χ0) is 13.4. The number of halogens is 2. The molecule has 0 unspecified atom stereocenters. The average molecular weight is 313 g/mol. The normalized spacial score (nSPS) is 13.6. The number of benzene rings is 1. The van der Waals surface area contributed by atoms with E-state index < -0.39 is 0 Å². The molecule has 0 bridgehead atoms. The number of aromatic nitrogens is 2. The van der Waals surface area contributed by atoms with E-state index in [0.717, 1.165) is 28.3 Å². The van der Waals surface area contributed by atoms with E-state index in [4.69, 9.17) is 23.2 Å². The van der Waals surface area contributed by atoms with E-state index in [0.29, 0.717) is 22.3 Å². The molecule has 3 rings (SSSR count). The fraction of sp³-hybridized carbons (Fsp3) is 0.231. The third kappa shape index (κ3) is 2.53. The molecular formula is C13H10Cl2N2OS. The van der Waals surface area contributed by atoms with E-state index >= 15 is 0 Å². The van der Waals surface area contributed by atoms with E-state index in [1.165, 1.54) is 0 Å². The smallest absolute Gasteiger partial charge is 0.255 e. The lowest BCUT2D eigenvalue weighted by molar-refractivity contribution is 0.904. The number of thioether (sulfide) groups is 1. The fourth-order valence-corrected chi connectivity index (χ4v) is 3.63. The number of nitrogens with one attached hydrogen (secondary N) is 1. The van der Waals surface area contributed by atoms with Crippen LogP contribution in [0.2, 0.25) is 10.0 Å². The summed E-state index contributed by atoms with van der Waals surface area (Å²) < 4.78 is 0. The Hall–Kier alpha value is -0.970. The molecule has 0 amide bonds. The molecule has 1 aliphatic heterocycles. The third-order valence-electron chi connectivity index (χ3n) is 3.04. The zero-order valence-corrected chi connectivity index (χ0v) is 12.2. The highest BCUT2D eigenvalue weighted by Gasteiger charge is 2.18. The molecule has 0 radical (unpaired) electrons. The second kappa shape index (κ2) is 5.19. The van der Waals surface area contributed by atoms with Gasteiger partial charge in [0.2, 0.25) is 0 Å². The number of rotatable bonds is 2. The summed E-state index contributed by atoms with van der Waals surface area (Å²) in [5.41, 5.74) is 2.42. The highest BCUT2D eigenvalue weighted by Crippen LogP contribution is 2.28. The van der Waals surface area contributed by atoms with Crippen molar-refractivity contribution in [2.75, 3.05) is 0 Å². The first-order valence-corrected chi connectivity index (χ1v) is 7.68. The first-order valence-electron chi connectivity index (χ1n) is 5.76. The summed E-state index contributed by atoms with van der Waals surface area (Å²) in [6, 6.07) is 5.36. The van der Waals surface area contributed by atoms with Crippen molar-refractivity contribution in [2.24, 2.45) is 0 Å². The quantitative estimate of drug-likeness (QED) is 0.924. The van der Waals surface area contributed by atoms with Gasteiger partial charge >= 0.3 is 0 Å². The van der Waals surface area contributed by atoms with Crippen molar-refractivity contribution in [1.29, 1.82) is 0 Å². The number of hydrogen-bond donors (Lipinski definition) is 1. The van der Waals surface area contributed by atoms with Crippen molar-refractivity contribution in [3.8, 4) is 0 Å². The van der Waals surface area contributed by atoms with Gasteiger partial charge in [-0.3, -0.25) is 4.79 Å². The summed E-state index contributed by atoms with van der Waals surface area (Å²) in [6.45, 7) is 0. The monoisotopic (exact) mass is 312 g/mol. The largest absolute Gasteiger partial charge is 0.310 e. The lowest BCUT2D eigenvalue weighted by atomic mass is 10.1. The van der Waals surface area contributed by atoms with Crippen LogP contribution in [0.1, 0.15) is 22.6 Å². The van der Waals surface area contributed by atoms with Gasteiger partial charge in [-0.1, -0.05) is 29.3 Å². The van der Waals surface area contributed by atoms with Gasteiger partial charge in [-0.05, 0) is 17.7 Å². The van der Waals surface area contributed by atoms with Gasteiger partial charge in [-0.25, -0.2) is 4.98 Å². The van der Waals surface area contributed by atoms with Gasteiger partial charge in [-0.15, -0.1) is 0 Å². The number of fused-ring (bicyclic) bond motifs is 1. The average Bonchev–Trinajstić information content (AvgIpc) is 2.83. The number of aromatic amines is 1. The summed E-state index contributed by atoms with van der Waals surface area (Å²) in [5.74, 6) is 2.15. The topological polar surface area (TPSA) is 45.8 Å². The van der Waals surface area contributed by atoms with Gasteiger partial charge < -0.3 is 4.98 Å². The molecule has 1 aliphatic rings. The zero-order valence-electron chi connectivity index (χ0n) is 9.87. The van der Waals surface area contributed by atoms with Gasteiger partial charge in [0, 0.05) is 33.5 Å². The molecule has 6 heteroatoms. The van der Waals surface area contributed by atoms with Crippen LogP contribution in [-0.2, 0) is 17.9 Å². The molecule has 1 N–H and O–H groups in total. The van der Waals surface area contributed by atoms with Crippen molar-refractivity contribution in [3.63, 3.8) is 0 Å². The predicted octanol–water partition coefficient (Wildman–Crippen LogP) is 3.41. The maximum Gasteiger partial charge on any atom is 0.255 e. The number of hydrogen-bond acceptors (Lipinski definition) is 3. The number of nitrogens with zero attached hydrogens (tertiary/aromatic N) is 1. The molecule has 0 fully saturated rings. The minimum absolute atomic E-state index is 0.0480. The maximum atomic E-state index is 11.9. The van der Waals surface area contributed by atoms with E-state index in [-0.39, 0.29) is 5.56 Å². The Labute approximate surface area is 124 Å². The van der Waals surface area contributed by atoms with Crippen LogP contribution in [0.15, 0.2) is 23.0 Å². The highest BCUT2D eigenvalue weighted by molar-refractivity contribution is 7.98. The van der Waals surface area contributed by atoms with Crippen molar-refractivity contribution >= 4 is 35.0 Å². The van der Waals surface area contributed by atoms with E-state index in [9.17, 15) is 4.79 Å². The van der Waals surface area contributed by atoms with Crippen LogP contribution >= 0.6 is 35.0 Å². The summed E-state index contributed by atoms with van der Waals surface area (Å²) >= 11 is 14.0. The molecule has 0 saturated heterocycles. The minimum atomic E-state index is -0.0480. The molecule has 19 heavy (non-hydrogen) atoms. The Bertz CT molecular complexity index is 679. The van der Waals surface area contributed by atoms with Gasteiger partial charge in [0.15, 0.2) is 0 Å². The molecule has 0 spiro atoms. The van der Waals surface area contributed by atoms with Crippen LogP contribution in [0.4, 0.5) is 0 Å². The minimum Gasteiger partial charge on any atom is -0.310 e. The van der Waals surface area contributed by atoms with Crippen LogP contribution in [0.25, 0.3) is 0 Å². The van der Waals surface area contributed by atoms with Gasteiger partial charge in [-0.2, -0.15) is 11.8 Å². The van der Waals surface area contributed by atoms with Crippen molar-refractivity contribution in [1.82, 2.24) is 9.97 Å². The molecule has 1 aromatic carbocycles. The summed E-state index contributed by atoms with van der Waals surface area (Å²) in [5, 5.41) is 1.18. The van der Waals surface area contributed by atoms with E-state index in [1.54, 1.807) is 30.0 Å². The Morgan fingerprint density at radius 1 is 1.26 bits per heavy atom. The van der Waals surface area contributed by atoms with Crippen molar-refractivity contribution in [2.45, 2.75) is 17.9 Å². The molecule has 3 nitrogen and oxygen atoms in total. The molecule has 2 heterocycles.